The van der Waals surface area contributed by atoms with Gasteiger partial charge in [0.1, 0.15) is 11.2 Å². The molecule has 0 aliphatic heterocycles. The molecular formula is C44H28O. The highest BCUT2D eigenvalue weighted by atomic mass is 16.3. The predicted molar refractivity (Wildman–Crippen MR) is 190 cm³/mol. The van der Waals surface area contributed by atoms with E-state index >= 15 is 0 Å². The maximum Gasteiger partial charge on any atom is 0.144 e. The molecule has 9 aromatic rings. The van der Waals surface area contributed by atoms with Crippen molar-refractivity contribution >= 4 is 43.5 Å². The fraction of sp³-hybridized carbons (Fsp3) is 0. The molecule has 0 amide bonds. The van der Waals surface area contributed by atoms with E-state index in [1.165, 1.54) is 54.9 Å². The van der Waals surface area contributed by atoms with Crippen LogP contribution in [-0.4, -0.2) is 0 Å². The van der Waals surface area contributed by atoms with Gasteiger partial charge in [0, 0.05) is 21.9 Å². The molecule has 0 fully saturated rings. The van der Waals surface area contributed by atoms with Gasteiger partial charge in [-0.2, -0.15) is 0 Å². The zero-order valence-corrected chi connectivity index (χ0v) is 24.6. The predicted octanol–water partition coefficient (Wildman–Crippen LogP) is 12.6. The SMILES string of the molecule is c1ccc(-c2cc(-c3ccccc3)cc(-c3c4ccccc4c(-c4ccc5ccccc5c4)c4c3oc3ccccc34)c2)cc1. The highest BCUT2D eigenvalue weighted by Gasteiger charge is 2.23. The van der Waals surface area contributed by atoms with Gasteiger partial charge in [-0.05, 0) is 85.3 Å². The van der Waals surface area contributed by atoms with Gasteiger partial charge in [-0.3, -0.25) is 0 Å². The summed E-state index contributed by atoms with van der Waals surface area (Å²) < 4.78 is 6.89. The summed E-state index contributed by atoms with van der Waals surface area (Å²) in [5.74, 6) is 0. The van der Waals surface area contributed by atoms with Crippen LogP contribution in [0.3, 0.4) is 0 Å². The van der Waals surface area contributed by atoms with Crippen LogP contribution in [0.4, 0.5) is 0 Å². The molecule has 210 valence electrons. The zero-order chi connectivity index (χ0) is 29.7. The standard InChI is InChI=1S/C44H28O/c1-3-13-29(14-4-1)34-26-35(30-15-5-2-6-16-30)28-36(27-34)42-38-20-10-9-19-37(38)41(33-24-23-31-17-7-8-18-32(31)25-33)43-39-21-11-12-22-40(39)45-44(42)43/h1-28H. The third-order valence-corrected chi connectivity index (χ3v) is 9.01. The van der Waals surface area contributed by atoms with Gasteiger partial charge in [-0.25, -0.2) is 0 Å². The van der Waals surface area contributed by atoms with Gasteiger partial charge in [0.2, 0.25) is 0 Å². The lowest BCUT2D eigenvalue weighted by Gasteiger charge is -2.17. The van der Waals surface area contributed by atoms with Crippen LogP contribution in [0.5, 0.6) is 0 Å². The van der Waals surface area contributed by atoms with Gasteiger partial charge < -0.3 is 4.42 Å². The van der Waals surface area contributed by atoms with E-state index in [0.29, 0.717) is 0 Å². The number of furan rings is 1. The second-order valence-corrected chi connectivity index (χ2v) is 11.7. The maximum atomic E-state index is 6.89. The summed E-state index contributed by atoms with van der Waals surface area (Å²) in [5, 5.41) is 7.14. The summed E-state index contributed by atoms with van der Waals surface area (Å²) in [6.07, 6.45) is 0. The lowest BCUT2D eigenvalue weighted by Crippen LogP contribution is -1.91. The summed E-state index contributed by atoms with van der Waals surface area (Å²) >= 11 is 0. The summed E-state index contributed by atoms with van der Waals surface area (Å²) in [7, 11) is 0. The van der Waals surface area contributed by atoms with E-state index in [1.54, 1.807) is 0 Å². The Hall–Kier alpha value is -5.92. The highest BCUT2D eigenvalue weighted by molar-refractivity contribution is 6.27. The Morgan fingerprint density at radius 1 is 0.311 bits per heavy atom. The average molecular weight is 573 g/mol. The second-order valence-electron chi connectivity index (χ2n) is 11.7. The quantitative estimate of drug-likeness (QED) is 0.204. The van der Waals surface area contributed by atoms with Crippen molar-refractivity contribution in [3.05, 3.63) is 170 Å². The smallest absolute Gasteiger partial charge is 0.144 e. The normalized spacial score (nSPS) is 11.6. The lowest BCUT2D eigenvalue weighted by atomic mass is 9.86. The van der Waals surface area contributed by atoms with E-state index < -0.39 is 0 Å². The van der Waals surface area contributed by atoms with Crippen molar-refractivity contribution in [1.82, 2.24) is 0 Å². The van der Waals surface area contributed by atoms with Crippen LogP contribution in [0.1, 0.15) is 0 Å². The first-order chi connectivity index (χ1) is 22.3. The molecule has 0 atom stereocenters. The van der Waals surface area contributed by atoms with Crippen molar-refractivity contribution in [2.75, 3.05) is 0 Å². The molecule has 0 saturated carbocycles. The van der Waals surface area contributed by atoms with Crippen LogP contribution in [0, 0.1) is 0 Å². The Bertz CT molecular complexity index is 2460. The molecule has 0 saturated heterocycles. The van der Waals surface area contributed by atoms with Crippen LogP contribution in [0.15, 0.2) is 174 Å². The van der Waals surface area contributed by atoms with E-state index in [2.05, 4.69) is 170 Å². The molecule has 1 nitrogen and oxygen atoms in total. The minimum Gasteiger partial charge on any atom is -0.455 e. The van der Waals surface area contributed by atoms with Crippen LogP contribution in [0.2, 0.25) is 0 Å². The van der Waals surface area contributed by atoms with Crippen LogP contribution >= 0.6 is 0 Å². The van der Waals surface area contributed by atoms with Gasteiger partial charge in [0.05, 0.1) is 0 Å². The molecule has 0 radical (unpaired) electrons. The second kappa shape index (κ2) is 10.4. The van der Waals surface area contributed by atoms with Crippen molar-refractivity contribution in [1.29, 1.82) is 0 Å². The molecule has 1 heteroatoms. The van der Waals surface area contributed by atoms with Gasteiger partial charge in [-0.15, -0.1) is 0 Å². The summed E-state index contributed by atoms with van der Waals surface area (Å²) in [6, 6.07) is 60.9. The first kappa shape index (κ1) is 25.6. The molecular weight excluding hydrogens is 544 g/mol. The van der Waals surface area contributed by atoms with Crippen molar-refractivity contribution in [3.63, 3.8) is 0 Å². The lowest BCUT2D eigenvalue weighted by molar-refractivity contribution is 0.670. The van der Waals surface area contributed by atoms with E-state index in [0.717, 1.165) is 33.1 Å². The number of rotatable bonds is 4. The highest BCUT2D eigenvalue weighted by Crippen LogP contribution is 2.48. The third-order valence-electron chi connectivity index (χ3n) is 9.01. The molecule has 0 unspecified atom stereocenters. The van der Waals surface area contributed by atoms with E-state index in [9.17, 15) is 0 Å². The van der Waals surface area contributed by atoms with Crippen molar-refractivity contribution in [3.8, 4) is 44.5 Å². The molecule has 0 aliphatic rings. The molecule has 0 aliphatic carbocycles. The molecule has 8 aromatic carbocycles. The van der Waals surface area contributed by atoms with Crippen molar-refractivity contribution in [2.45, 2.75) is 0 Å². The average Bonchev–Trinajstić information content (AvgIpc) is 3.50. The molecule has 9 rings (SSSR count). The number of para-hydroxylation sites is 1. The molecule has 1 heterocycles. The summed E-state index contributed by atoms with van der Waals surface area (Å²) in [4.78, 5) is 0. The van der Waals surface area contributed by atoms with Crippen LogP contribution < -0.4 is 0 Å². The first-order valence-electron chi connectivity index (χ1n) is 15.4. The van der Waals surface area contributed by atoms with Gasteiger partial charge in [-0.1, -0.05) is 140 Å². The van der Waals surface area contributed by atoms with Gasteiger partial charge in [0.15, 0.2) is 0 Å². The topological polar surface area (TPSA) is 13.1 Å². The maximum absolute atomic E-state index is 6.89. The number of benzene rings is 8. The number of hydrogen-bond acceptors (Lipinski definition) is 1. The van der Waals surface area contributed by atoms with E-state index in [1.807, 2.05) is 0 Å². The molecule has 0 N–H and O–H groups in total. The Morgan fingerprint density at radius 2 is 0.844 bits per heavy atom. The summed E-state index contributed by atoms with van der Waals surface area (Å²) in [5.41, 5.74) is 11.2. The third kappa shape index (κ3) is 4.24. The molecule has 0 bridgehead atoms. The van der Waals surface area contributed by atoms with Crippen molar-refractivity contribution in [2.24, 2.45) is 0 Å². The Labute approximate surface area is 261 Å². The Kier molecular flexibility index (Phi) is 5.89. The Morgan fingerprint density at radius 3 is 1.53 bits per heavy atom. The first-order valence-corrected chi connectivity index (χ1v) is 15.4. The van der Waals surface area contributed by atoms with Crippen molar-refractivity contribution < 1.29 is 4.42 Å². The van der Waals surface area contributed by atoms with E-state index in [4.69, 9.17) is 4.42 Å². The minimum absolute atomic E-state index is 0.897. The van der Waals surface area contributed by atoms with Crippen LogP contribution in [-0.2, 0) is 0 Å². The van der Waals surface area contributed by atoms with Crippen LogP contribution in [0.25, 0.3) is 88.0 Å². The number of hydrogen-bond donors (Lipinski definition) is 0. The number of fused-ring (bicyclic) bond motifs is 5. The molecule has 1 aromatic heterocycles. The zero-order valence-electron chi connectivity index (χ0n) is 24.6. The van der Waals surface area contributed by atoms with E-state index in [-0.39, 0.29) is 0 Å². The molecule has 45 heavy (non-hydrogen) atoms. The monoisotopic (exact) mass is 572 g/mol. The minimum atomic E-state index is 0.897. The molecule has 0 spiro atoms. The van der Waals surface area contributed by atoms with Gasteiger partial charge >= 0.3 is 0 Å². The Balaban J connectivity index is 1.43. The van der Waals surface area contributed by atoms with Gasteiger partial charge in [0.25, 0.3) is 0 Å². The largest absolute Gasteiger partial charge is 0.455 e. The fourth-order valence-electron chi connectivity index (χ4n) is 6.94. The summed E-state index contributed by atoms with van der Waals surface area (Å²) in [6.45, 7) is 0. The fourth-order valence-corrected chi connectivity index (χ4v) is 6.94.